The molecule has 4 heteroatoms. The van der Waals surface area contributed by atoms with Gasteiger partial charge >= 0.3 is 0 Å². The maximum atomic E-state index is 5.40. The van der Waals surface area contributed by atoms with Gasteiger partial charge in [0.2, 0.25) is 0 Å². The topological polar surface area (TPSA) is 18.5 Å². The Morgan fingerprint density at radius 2 is 1.79 bits per heavy atom. The standard InChI is InChI=1S/C10H12Br2O2/c1-3-7-4-8(11)10(9(12)5-7)14-6-13-2/h4-5H,3,6H2,1-2H3. The van der Waals surface area contributed by atoms with Crippen molar-refractivity contribution in [1.82, 2.24) is 0 Å². The van der Waals surface area contributed by atoms with Crippen molar-refractivity contribution in [3.05, 3.63) is 26.6 Å². The highest BCUT2D eigenvalue weighted by molar-refractivity contribution is 9.11. The van der Waals surface area contributed by atoms with E-state index in [1.54, 1.807) is 7.11 Å². The molecule has 0 spiro atoms. The van der Waals surface area contributed by atoms with Gasteiger partial charge in [0.25, 0.3) is 0 Å². The van der Waals surface area contributed by atoms with Gasteiger partial charge in [0.1, 0.15) is 0 Å². The number of rotatable bonds is 4. The van der Waals surface area contributed by atoms with Crippen molar-refractivity contribution in [3.8, 4) is 5.75 Å². The highest BCUT2D eigenvalue weighted by atomic mass is 79.9. The molecule has 1 aromatic rings. The average Bonchev–Trinajstić information content (AvgIpc) is 2.16. The number of ether oxygens (including phenoxy) is 2. The molecular formula is C10H12Br2O2. The smallest absolute Gasteiger partial charge is 0.188 e. The minimum Gasteiger partial charge on any atom is -0.465 e. The van der Waals surface area contributed by atoms with Crippen LogP contribution in [-0.2, 0) is 11.2 Å². The van der Waals surface area contributed by atoms with Crippen LogP contribution in [0.15, 0.2) is 21.1 Å². The van der Waals surface area contributed by atoms with Gasteiger partial charge in [-0.15, -0.1) is 0 Å². The predicted octanol–water partition coefficient (Wildman–Crippen LogP) is 3.76. The highest BCUT2D eigenvalue weighted by Crippen LogP contribution is 2.34. The van der Waals surface area contributed by atoms with Crippen LogP contribution in [0.1, 0.15) is 12.5 Å². The van der Waals surface area contributed by atoms with Crippen LogP contribution in [0.4, 0.5) is 0 Å². The van der Waals surface area contributed by atoms with E-state index in [4.69, 9.17) is 9.47 Å². The fourth-order valence-corrected chi connectivity index (χ4v) is 2.58. The molecule has 78 valence electrons. The fraction of sp³-hybridized carbons (Fsp3) is 0.400. The molecule has 0 amide bonds. The van der Waals surface area contributed by atoms with E-state index in [-0.39, 0.29) is 6.79 Å². The van der Waals surface area contributed by atoms with E-state index < -0.39 is 0 Å². The first-order valence-electron chi connectivity index (χ1n) is 4.28. The van der Waals surface area contributed by atoms with Gasteiger partial charge in [-0.1, -0.05) is 6.92 Å². The lowest BCUT2D eigenvalue weighted by molar-refractivity contribution is 0.0500. The SMILES string of the molecule is CCc1cc(Br)c(OCOC)c(Br)c1. The molecule has 0 fully saturated rings. The Morgan fingerprint density at radius 1 is 1.21 bits per heavy atom. The zero-order valence-corrected chi connectivity index (χ0v) is 11.3. The van der Waals surface area contributed by atoms with E-state index in [1.165, 1.54) is 5.56 Å². The molecule has 1 rings (SSSR count). The molecule has 0 heterocycles. The van der Waals surface area contributed by atoms with Gasteiger partial charge in [0.15, 0.2) is 12.5 Å². The minimum absolute atomic E-state index is 0.253. The zero-order valence-electron chi connectivity index (χ0n) is 8.14. The van der Waals surface area contributed by atoms with E-state index >= 15 is 0 Å². The average molecular weight is 324 g/mol. The Bertz CT molecular complexity index is 290. The van der Waals surface area contributed by atoms with Gasteiger partial charge in [-0.3, -0.25) is 0 Å². The van der Waals surface area contributed by atoms with Crippen molar-refractivity contribution in [2.45, 2.75) is 13.3 Å². The number of halogens is 2. The highest BCUT2D eigenvalue weighted by Gasteiger charge is 2.07. The predicted molar refractivity (Wildman–Crippen MR) is 63.7 cm³/mol. The number of benzene rings is 1. The number of methoxy groups -OCH3 is 1. The molecule has 0 saturated carbocycles. The Labute approximate surface area is 101 Å². The summed E-state index contributed by atoms with van der Waals surface area (Å²) in [4.78, 5) is 0. The van der Waals surface area contributed by atoms with E-state index in [2.05, 4.69) is 50.9 Å². The van der Waals surface area contributed by atoms with Crippen LogP contribution in [0.2, 0.25) is 0 Å². The molecule has 14 heavy (non-hydrogen) atoms. The van der Waals surface area contributed by atoms with Gasteiger partial charge < -0.3 is 9.47 Å². The second-order valence-electron chi connectivity index (χ2n) is 2.79. The lowest BCUT2D eigenvalue weighted by Gasteiger charge is -2.10. The van der Waals surface area contributed by atoms with Crippen molar-refractivity contribution >= 4 is 31.9 Å². The molecule has 0 bridgehead atoms. The van der Waals surface area contributed by atoms with Crippen LogP contribution in [0, 0.1) is 0 Å². The van der Waals surface area contributed by atoms with E-state index in [0.29, 0.717) is 0 Å². The van der Waals surface area contributed by atoms with Gasteiger partial charge in [-0.25, -0.2) is 0 Å². The van der Waals surface area contributed by atoms with Crippen LogP contribution < -0.4 is 4.74 Å². The maximum absolute atomic E-state index is 5.40. The maximum Gasteiger partial charge on any atom is 0.188 e. The molecule has 0 unspecified atom stereocenters. The Morgan fingerprint density at radius 3 is 2.21 bits per heavy atom. The molecule has 0 N–H and O–H groups in total. The van der Waals surface area contributed by atoms with Gasteiger partial charge in [0.05, 0.1) is 8.95 Å². The lowest BCUT2D eigenvalue weighted by atomic mass is 10.2. The number of hydrogen-bond acceptors (Lipinski definition) is 2. The summed E-state index contributed by atoms with van der Waals surface area (Å²) in [6.45, 7) is 2.37. The third kappa shape index (κ3) is 2.97. The molecule has 1 aromatic carbocycles. The van der Waals surface area contributed by atoms with Gasteiger partial charge in [0, 0.05) is 7.11 Å². The summed E-state index contributed by atoms with van der Waals surface area (Å²) in [6.07, 6.45) is 1.00. The summed E-state index contributed by atoms with van der Waals surface area (Å²) < 4.78 is 12.1. The van der Waals surface area contributed by atoms with E-state index in [0.717, 1.165) is 21.1 Å². The zero-order chi connectivity index (χ0) is 10.6. The molecule has 0 aliphatic carbocycles. The van der Waals surface area contributed by atoms with Crippen LogP contribution in [0.25, 0.3) is 0 Å². The molecule has 2 nitrogen and oxygen atoms in total. The Balaban J connectivity index is 2.93. The first-order valence-corrected chi connectivity index (χ1v) is 5.87. The van der Waals surface area contributed by atoms with Gasteiger partial charge in [-0.2, -0.15) is 0 Å². The second kappa shape index (κ2) is 5.73. The molecule has 0 radical (unpaired) electrons. The minimum atomic E-state index is 0.253. The van der Waals surface area contributed by atoms with Crippen molar-refractivity contribution in [2.75, 3.05) is 13.9 Å². The summed E-state index contributed by atoms with van der Waals surface area (Å²) in [6, 6.07) is 4.10. The van der Waals surface area contributed by atoms with Crippen molar-refractivity contribution < 1.29 is 9.47 Å². The molecule has 0 atom stereocenters. The van der Waals surface area contributed by atoms with Crippen molar-refractivity contribution in [3.63, 3.8) is 0 Å². The molecule has 0 aliphatic heterocycles. The second-order valence-corrected chi connectivity index (χ2v) is 4.50. The first kappa shape index (κ1) is 12.0. The summed E-state index contributed by atoms with van der Waals surface area (Å²) in [7, 11) is 1.60. The van der Waals surface area contributed by atoms with Crippen molar-refractivity contribution in [1.29, 1.82) is 0 Å². The summed E-state index contributed by atoms with van der Waals surface area (Å²) in [5.74, 6) is 0.782. The van der Waals surface area contributed by atoms with E-state index in [1.807, 2.05) is 0 Å². The molecular weight excluding hydrogens is 312 g/mol. The molecule has 0 aromatic heterocycles. The van der Waals surface area contributed by atoms with E-state index in [9.17, 15) is 0 Å². The lowest BCUT2D eigenvalue weighted by Crippen LogP contribution is -2.00. The normalized spacial score (nSPS) is 10.3. The molecule has 0 saturated heterocycles. The van der Waals surface area contributed by atoms with Gasteiger partial charge in [-0.05, 0) is 56.0 Å². The Kier molecular flexibility index (Phi) is 4.92. The Hall–Kier alpha value is -0.0600. The summed E-state index contributed by atoms with van der Waals surface area (Å²) in [5.41, 5.74) is 1.26. The monoisotopic (exact) mass is 322 g/mol. The largest absolute Gasteiger partial charge is 0.465 e. The van der Waals surface area contributed by atoms with Crippen molar-refractivity contribution in [2.24, 2.45) is 0 Å². The summed E-state index contributed by atoms with van der Waals surface area (Å²) in [5, 5.41) is 0. The fourth-order valence-electron chi connectivity index (χ4n) is 1.07. The van der Waals surface area contributed by atoms with Crippen LogP contribution in [0.3, 0.4) is 0 Å². The third-order valence-corrected chi connectivity index (χ3v) is 2.97. The van der Waals surface area contributed by atoms with Crippen LogP contribution in [0.5, 0.6) is 5.75 Å². The van der Waals surface area contributed by atoms with Crippen LogP contribution >= 0.6 is 31.9 Å². The quantitative estimate of drug-likeness (QED) is 0.785. The third-order valence-electron chi connectivity index (χ3n) is 1.79. The summed E-state index contributed by atoms with van der Waals surface area (Å²) >= 11 is 6.92. The number of aryl methyl sites for hydroxylation is 1. The first-order chi connectivity index (χ1) is 6.69. The molecule has 0 aliphatic rings. The number of hydrogen-bond donors (Lipinski definition) is 0. The van der Waals surface area contributed by atoms with Crippen LogP contribution in [-0.4, -0.2) is 13.9 Å².